The van der Waals surface area contributed by atoms with E-state index in [1.807, 2.05) is 19.2 Å². The second kappa shape index (κ2) is 11.4. The van der Waals surface area contributed by atoms with Gasteiger partial charge in [-0.15, -0.1) is 24.0 Å². The van der Waals surface area contributed by atoms with Crippen LogP contribution in [0.3, 0.4) is 0 Å². The number of nitrogens with one attached hydrogen (secondary N) is 2. The SMILES string of the molecule is CN=C(NCCc1ccc(Cl)cc1)NCC1CCN(c2ccccc2)C1.I. The Bertz CT molecular complexity index is 706. The molecule has 1 heterocycles. The van der Waals surface area contributed by atoms with Gasteiger partial charge in [-0.2, -0.15) is 0 Å². The molecule has 1 unspecified atom stereocenters. The number of hydrogen-bond acceptors (Lipinski definition) is 2. The predicted octanol–water partition coefficient (Wildman–Crippen LogP) is 4.19. The maximum absolute atomic E-state index is 5.92. The van der Waals surface area contributed by atoms with Gasteiger partial charge in [-0.05, 0) is 48.6 Å². The summed E-state index contributed by atoms with van der Waals surface area (Å²) >= 11 is 5.92. The maximum Gasteiger partial charge on any atom is 0.190 e. The maximum atomic E-state index is 5.92. The molecule has 1 saturated heterocycles. The van der Waals surface area contributed by atoms with Crippen LogP contribution < -0.4 is 15.5 Å². The Hall–Kier alpha value is -1.47. The third-order valence-corrected chi connectivity index (χ3v) is 5.06. The molecule has 2 aromatic rings. The first kappa shape index (κ1) is 21.8. The molecule has 0 aromatic heterocycles. The zero-order valence-corrected chi connectivity index (χ0v) is 18.8. The van der Waals surface area contributed by atoms with Gasteiger partial charge in [-0.1, -0.05) is 41.9 Å². The number of halogens is 2. The predicted molar refractivity (Wildman–Crippen MR) is 127 cm³/mol. The van der Waals surface area contributed by atoms with Crippen LogP contribution in [0.15, 0.2) is 59.6 Å². The highest BCUT2D eigenvalue weighted by Crippen LogP contribution is 2.22. The topological polar surface area (TPSA) is 39.7 Å². The second-order valence-electron chi connectivity index (χ2n) is 6.69. The molecule has 0 amide bonds. The Morgan fingerprint density at radius 3 is 2.56 bits per heavy atom. The first-order valence-electron chi connectivity index (χ1n) is 9.23. The molecule has 0 spiro atoms. The first-order valence-corrected chi connectivity index (χ1v) is 9.61. The van der Waals surface area contributed by atoms with Crippen LogP contribution in [-0.4, -0.2) is 39.2 Å². The third-order valence-electron chi connectivity index (χ3n) is 4.81. The zero-order chi connectivity index (χ0) is 18.2. The van der Waals surface area contributed by atoms with E-state index in [4.69, 9.17) is 11.6 Å². The van der Waals surface area contributed by atoms with Gasteiger partial charge >= 0.3 is 0 Å². The van der Waals surface area contributed by atoms with Crippen LogP contribution in [0, 0.1) is 5.92 Å². The lowest BCUT2D eigenvalue weighted by atomic mass is 10.1. The summed E-state index contributed by atoms with van der Waals surface area (Å²) in [5.74, 6) is 1.52. The van der Waals surface area contributed by atoms with Gasteiger partial charge in [0.05, 0.1) is 0 Å². The molecule has 0 radical (unpaired) electrons. The molecule has 1 atom stereocenters. The average molecular weight is 499 g/mol. The molecule has 4 nitrogen and oxygen atoms in total. The van der Waals surface area contributed by atoms with Crippen molar-refractivity contribution in [3.8, 4) is 0 Å². The van der Waals surface area contributed by atoms with Crippen molar-refractivity contribution in [2.75, 3.05) is 38.1 Å². The molecule has 1 fully saturated rings. The Labute approximate surface area is 184 Å². The summed E-state index contributed by atoms with van der Waals surface area (Å²) in [6.07, 6.45) is 2.16. The summed E-state index contributed by atoms with van der Waals surface area (Å²) in [6.45, 7) is 4.02. The molecule has 0 aliphatic carbocycles. The minimum Gasteiger partial charge on any atom is -0.371 e. The Kier molecular flexibility index (Phi) is 9.21. The van der Waals surface area contributed by atoms with Gasteiger partial charge in [0.15, 0.2) is 5.96 Å². The fraction of sp³-hybridized carbons (Fsp3) is 0.381. The lowest BCUT2D eigenvalue weighted by molar-refractivity contribution is 0.566. The van der Waals surface area contributed by atoms with Crippen LogP contribution in [0.25, 0.3) is 0 Å². The number of guanidine groups is 1. The molecule has 0 saturated carbocycles. The number of para-hydroxylation sites is 1. The van der Waals surface area contributed by atoms with E-state index in [1.54, 1.807) is 0 Å². The van der Waals surface area contributed by atoms with Crippen molar-refractivity contribution in [1.29, 1.82) is 0 Å². The van der Waals surface area contributed by atoms with Gasteiger partial charge in [-0.3, -0.25) is 4.99 Å². The summed E-state index contributed by atoms with van der Waals surface area (Å²) < 4.78 is 0. The summed E-state index contributed by atoms with van der Waals surface area (Å²) in [4.78, 5) is 6.79. The number of nitrogens with zero attached hydrogens (tertiary/aromatic N) is 2. The van der Waals surface area contributed by atoms with E-state index in [2.05, 4.69) is 63.0 Å². The van der Waals surface area contributed by atoms with E-state index >= 15 is 0 Å². The highest BCUT2D eigenvalue weighted by Gasteiger charge is 2.22. The molecule has 2 N–H and O–H groups in total. The van der Waals surface area contributed by atoms with Gasteiger partial charge in [0, 0.05) is 43.9 Å². The standard InChI is InChI=1S/C21H27ClN4.HI/c1-23-21(24-13-11-17-7-9-19(22)10-8-17)25-15-18-12-14-26(16-18)20-5-3-2-4-6-20;/h2-10,18H,11-16H2,1H3,(H2,23,24,25);1H. The first-order chi connectivity index (χ1) is 12.7. The molecule has 0 bridgehead atoms. The molecule has 146 valence electrons. The van der Waals surface area contributed by atoms with Crippen LogP contribution in [0.5, 0.6) is 0 Å². The number of rotatable bonds is 6. The van der Waals surface area contributed by atoms with Crippen molar-refractivity contribution in [3.63, 3.8) is 0 Å². The molecular weight excluding hydrogens is 471 g/mol. The van der Waals surface area contributed by atoms with E-state index in [1.165, 1.54) is 17.7 Å². The van der Waals surface area contributed by atoms with Crippen molar-refractivity contribution < 1.29 is 0 Å². The summed E-state index contributed by atoms with van der Waals surface area (Å²) in [5.41, 5.74) is 2.59. The highest BCUT2D eigenvalue weighted by atomic mass is 127. The normalized spacial score (nSPS) is 16.7. The van der Waals surface area contributed by atoms with Gasteiger partial charge in [0.2, 0.25) is 0 Å². The van der Waals surface area contributed by atoms with Crippen molar-refractivity contribution in [2.45, 2.75) is 12.8 Å². The third kappa shape index (κ3) is 6.88. The lowest BCUT2D eigenvalue weighted by Crippen LogP contribution is -2.41. The molecule has 1 aliphatic heterocycles. The minimum atomic E-state index is 0. The zero-order valence-electron chi connectivity index (χ0n) is 15.7. The van der Waals surface area contributed by atoms with Crippen molar-refractivity contribution in [2.24, 2.45) is 10.9 Å². The van der Waals surface area contributed by atoms with E-state index in [0.29, 0.717) is 5.92 Å². The Morgan fingerprint density at radius 2 is 1.85 bits per heavy atom. The average Bonchev–Trinajstić information content (AvgIpc) is 3.16. The fourth-order valence-corrected chi connectivity index (χ4v) is 3.44. The molecule has 3 rings (SSSR count). The Morgan fingerprint density at radius 1 is 1.11 bits per heavy atom. The number of anilines is 1. The summed E-state index contributed by atoms with van der Waals surface area (Å²) in [7, 11) is 1.82. The summed E-state index contributed by atoms with van der Waals surface area (Å²) in [6, 6.07) is 18.7. The molecule has 27 heavy (non-hydrogen) atoms. The van der Waals surface area contributed by atoms with Crippen LogP contribution in [0.4, 0.5) is 5.69 Å². The smallest absolute Gasteiger partial charge is 0.190 e. The van der Waals surface area contributed by atoms with Crippen LogP contribution in [-0.2, 0) is 6.42 Å². The van der Waals surface area contributed by atoms with Crippen LogP contribution in [0.1, 0.15) is 12.0 Å². The molecule has 1 aliphatic rings. The summed E-state index contributed by atoms with van der Waals surface area (Å²) in [5, 5.41) is 7.64. The van der Waals surface area contributed by atoms with Crippen molar-refractivity contribution in [3.05, 3.63) is 65.2 Å². The van der Waals surface area contributed by atoms with Crippen LogP contribution in [0.2, 0.25) is 5.02 Å². The Balaban J connectivity index is 0.00000261. The van der Waals surface area contributed by atoms with Gasteiger partial charge in [0.25, 0.3) is 0 Å². The van der Waals surface area contributed by atoms with Gasteiger partial charge in [-0.25, -0.2) is 0 Å². The van der Waals surface area contributed by atoms with E-state index < -0.39 is 0 Å². The largest absolute Gasteiger partial charge is 0.371 e. The number of aliphatic imine (C=N–C) groups is 1. The van der Waals surface area contributed by atoms with Gasteiger partial charge in [0.1, 0.15) is 0 Å². The highest BCUT2D eigenvalue weighted by molar-refractivity contribution is 14.0. The van der Waals surface area contributed by atoms with Gasteiger partial charge < -0.3 is 15.5 Å². The monoisotopic (exact) mass is 498 g/mol. The van der Waals surface area contributed by atoms with Crippen molar-refractivity contribution in [1.82, 2.24) is 10.6 Å². The van der Waals surface area contributed by atoms with E-state index in [0.717, 1.165) is 43.6 Å². The lowest BCUT2D eigenvalue weighted by Gasteiger charge is -2.19. The second-order valence-corrected chi connectivity index (χ2v) is 7.13. The molecular formula is C21H28ClIN4. The van der Waals surface area contributed by atoms with Crippen LogP contribution >= 0.6 is 35.6 Å². The number of hydrogen-bond donors (Lipinski definition) is 2. The van der Waals surface area contributed by atoms with E-state index in [9.17, 15) is 0 Å². The van der Waals surface area contributed by atoms with E-state index in [-0.39, 0.29) is 24.0 Å². The minimum absolute atomic E-state index is 0. The molecule has 6 heteroatoms. The molecule has 2 aromatic carbocycles. The quantitative estimate of drug-likeness (QED) is 0.356. The number of benzene rings is 2. The van der Waals surface area contributed by atoms with Crippen molar-refractivity contribution >= 4 is 47.2 Å². The fourth-order valence-electron chi connectivity index (χ4n) is 3.31.